The number of piperidine rings is 1. The molecule has 2 atom stereocenters. The van der Waals surface area contributed by atoms with Gasteiger partial charge >= 0.3 is 5.97 Å². The van der Waals surface area contributed by atoms with Crippen molar-refractivity contribution < 1.29 is 9.90 Å². The summed E-state index contributed by atoms with van der Waals surface area (Å²) >= 11 is 0. The van der Waals surface area contributed by atoms with Crippen LogP contribution < -0.4 is 0 Å². The van der Waals surface area contributed by atoms with Crippen LogP contribution in [-0.2, 0) is 4.79 Å². The second-order valence-corrected chi connectivity index (χ2v) is 7.95. The van der Waals surface area contributed by atoms with Crippen LogP contribution in [0.1, 0.15) is 30.0 Å². The summed E-state index contributed by atoms with van der Waals surface area (Å²) in [6, 6.07) is 20.4. The van der Waals surface area contributed by atoms with Gasteiger partial charge in [0.1, 0.15) is 0 Å². The molecule has 1 N–H and O–H groups in total. The molecule has 1 fully saturated rings. The first-order chi connectivity index (χ1) is 14.7. The van der Waals surface area contributed by atoms with Gasteiger partial charge in [-0.2, -0.15) is 0 Å². The maximum absolute atomic E-state index is 11.7. The number of carbonyl (C=O) groups is 1. The van der Waals surface area contributed by atoms with E-state index in [4.69, 9.17) is 4.98 Å². The molecule has 1 saturated heterocycles. The largest absolute Gasteiger partial charge is 0.481 e. The van der Waals surface area contributed by atoms with Crippen molar-refractivity contribution >= 4 is 27.8 Å². The number of aliphatic carboxylic acids is 1. The monoisotopic (exact) mass is 397 g/mol. The van der Waals surface area contributed by atoms with Crippen molar-refractivity contribution in [1.29, 1.82) is 0 Å². The average Bonchev–Trinajstić information content (AvgIpc) is 2.79. The molecular formula is C25H23N3O2. The Morgan fingerprint density at radius 1 is 1.03 bits per heavy atom. The molecule has 1 aliphatic rings. The lowest BCUT2D eigenvalue weighted by Gasteiger charge is -2.38. The van der Waals surface area contributed by atoms with Gasteiger partial charge in [-0.05, 0) is 54.8 Å². The fraction of sp³-hybridized carbons (Fsp3) is 0.240. The van der Waals surface area contributed by atoms with E-state index in [0.717, 1.165) is 52.3 Å². The van der Waals surface area contributed by atoms with E-state index in [1.54, 1.807) is 0 Å². The maximum Gasteiger partial charge on any atom is 0.307 e. The second kappa shape index (κ2) is 7.84. The Hall–Kier alpha value is -3.31. The number of nitrogens with zero attached hydrogens (tertiary/aromatic N) is 3. The van der Waals surface area contributed by atoms with E-state index in [1.807, 2.05) is 48.8 Å². The van der Waals surface area contributed by atoms with Crippen LogP contribution in [-0.4, -0.2) is 39.0 Å². The molecule has 150 valence electrons. The quantitative estimate of drug-likeness (QED) is 0.542. The minimum Gasteiger partial charge on any atom is -0.481 e. The summed E-state index contributed by atoms with van der Waals surface area (Å²) in [6.45, 7) is 1.39. The van der Waals surface area contributed by atoms with E-state index in [0.29, 0.717) is 6.54 Å². The van der Waals surface area contributed by atoms with Crippen molar-refractivity contribution in [2.75, 3.05) is 13.1 Å². The molecule has 3 heterocycles. The number of fused-ring (bicyclic) bond motifs is 2. The van der Waals surface area contributed by atoms with Crippen molar-refractivity contribution in [3.05, 3.63) is 84.2 Å². The minimum absolute atomic E-state index is 0.0721. The van der Waals surface area contributed by atoms with Crippen molar-refractivity contribution in [1.82, 2.24) is 14.9 Å². The van der Waals surface area contributed by atoms with Gasteiger partial charge < -0.3 is 5.11 Å². The highest BCUT2D eigenvalue weighted by molar-refractivity contribution is 5.84. The lowest BCUT2D eigenvalue weighted by molar-refractivity contribution is -0.143. The molecule has 5 nitrogen and oxygen atoms in total. The third-order valence-electron chi connectivity index (χ3n) is 6.07. The predicted molar refractivity (Wildman–Crippen MR) is 117 cm³/mol. The highest BCUT2D eigenvalue weighted by Gasteiger charge is 2.32. The summed E-state index contributed by atoms with van der Waals surface area (Å²) in [5.74, 6) is -1.06. The molecule has 0 spiro atoms. The number of para-hydroxylation sites is 2. The van der Waals surface area contributed by atoms with Gasteiger partial charge in [0.2, 0.25) is 0 Å². The molecule has 0 saturated carbocycles. The van der Waals surface area contributed by atoms with Crippen LogP contribution in [0.25, 0.3) is 21.8 Å². The van der Waals surface area contributed by atoms with Crippen molar-refractivity contribution in [2.24, 2.45) is 5.92 Å². The van der Waals surface area contributed by atoms with E-state index >= 15 is 0 Å². The highest BCUT2D eigenvalue weighted by Crippen LogP contribution is 2.36. The first-order valence-electron chi connectivity index (χ1n) is 10.4. The van der Waals surface area contributed by atoms with Gasteiger partial charge in [-0.1, -0.05) is 36.4 Å². The Labute approximate surface area is 175 Å². The number of benzene rings is 2. The van der Waals surface area contributed by atoms with Crippen LogP contribution in [0.4, 0.5) is 0 Å². The topological polar surface area (TPSA) is 66.3 Å². The molecule has 0 radical (unpaired) electrons. The van der Waals surface area contributed by atoms with Gasteiger partial charge in [-0.3, -0.25) is 19.7 Å². The third kappa shape index (κ3) is 3.42. The number of carboxylic acids is 1. The van der Waals surface area contributed by atoms with E-state index in [-0.39, 0.29) is 12.0 Å². The van der Waals surface area contributed by atoms with Crippen molar-refractivity contribution in [3.63, 3.8) is 0 Å². The Kier molecular flexibility index (Phi) is 4.89. The van der Waals surface area contributed by atoms with Crippen LogP contribution in [0.2, 0.25) is 0 Å². The summed E-state index contributed by atoms with van der Waals surface area (Å²) in [6.07, 6.45) is 5.38. The summed E-state index contributed by atoms with van der Waals surface area (Å²) in [7, 11) is 0. The number of hydrogen-bond acceptors (Lipinski definition) is 4. The number of rotatable bonds is 4. The molecule has 0 aliphatic carbocycles. The molecule has 2 aromatic heterocycles. The second-order valence-electron chi connectivity index (χ2n) is 7.95. The first kappa shape index (κ1) is 18.7. The minimum atomic E-state index is -0.713. The predicted octanol–water partition coefficient (Wildman–Crippen LogP) is 4.67. The third-order valence-corrected chi connectivity index (χ3v) is 6.07. The lowest BCUT2D eigenvalue weighted by Crippen LogP contribution is -2.41. The zero-order valence-corrected chi connectivity index (χ0v) is 16.6. The number of pyridine rings is 2. The fourth-order valence-corrected chi connectivity index (χ4v) is 4.62. The van der Waals surface area contributed by atoms with Crippen LogP contribution in [0.5, 0.6) is 0 Å². The van der Waals surface area contributed by atoms with Gasteiger partial charge in [0, 0.05) is 29.7 Å². The van der Waals surface area contributed by atoms with Crippen molar-refractivity contribution in [2.45, 2.75) is 18.9 Å². The van der Waals surface area contributed by atoms with E-state index < -0.39 is 5.97 Å². The zero-order valence-electron chi connectivity index (χ0n) is 16.6. The Balaban J connectivity index is 1.67. The van der Waals surface area contributed by atoms with Crippen molar-refractivity contribution in [3.8, 4) is 0 Å². The first-order valence-corrected chi connectivity index (χ1v) is 10.4. The zero-order chi connectivity index (χ0) is 20.5. The van der Waals surface area contributed by atoms with Crippen LogP contribution in [0.3, 0.4) is 0 Å². The van der Waals surface area contributed by atoms with Crippen LogP contribution in [0, 0.1) is 5.92 Å². The molecule has 5 rings (SSSR count). The number of likely N-dealkylation sites (tertiary alicyclic amines) is 1. The molecule has 1 aliphatic heterocycles. The standard InChI is InChI=1S/C25H23N3O2/c29-25(30)18-7-5-13-28(16-18)24(19-14-17-6-1-3-9-22(17)27-15-19)21-11-12-26-23-10-4-2-8-20(21)23/h1-4,6,8-12,14-15,18,24H,5,7,13,16H2,(H,29,30). The van der Waals surface area contributed by atoms with Gasteiger partial charge in [0.15, 0.2) is 0 Å². The van der Waals surface area contributed by atoms with Gasteiger partial charge in [-0.25, -0.2) is 0 Å². The SMILES string of the molecule is O=C(O)C1CCCN(C(c2cnc3ccccc3c2)c2ccnc3ccccc23)C1. The summed E-state index contributed by atoms with van der Waals surface area (Å²) < 4.78 is 0. The van der Waals surface area contributed by atoms with E-state index in [1.165, 1.54) is 0 Å². The number of carboxylic acid groups (broad SMARTS) is 1. The Morgan fingerprint density at radius 3 is 2.70 bits per heavy atom. The molecule has 2 unspecified atom stereocenters. The molecule has 30 heavy (non-hydrogen) atoms. The summed E-state index contributed by atoms with van der Waals surface area (Å²) in [4.78, 5) is 23.3. The smallest absolute Gasteiger partial charge is 0.307 e. The number of hydrogen-bond donors (Lipinski definition) is 1. The van der Waals surface area contributed by atoms with Gasteiger partial charge in [-0.15, -0.1) is 0 Å². The van der Waals surface area contributed by atoms with Gasteiger partial charge in [0.25, 0.3) is 0 Å². The van der Waals surface area contributed by atoms with Gasteiger partial charge in [0.05, 0.1) is 23.0 Å². The number of aromatic nitrogens is 2. The van der Waals surface area contributed by atoms with E-state index in [9.17, 15) is 9.90 Å². The maximum atomic E-state index is 11.7. The molecule has 2 aromatic carbocycles. The molecule has 0 amide bonds. The Morgan fingerprint density at radius 2 is 1.83 bits per heavy atom. The lowest BCUT2D eigenvalue weighted by atomic mass is 9.90. The summed E-state index contributed by atoms with van der Waals surface area (Å²) in [5.41, 5.74) is 4.13. The molecule has 0 bridgehead atoms. The highest BCUT2D eigenvalue weighted by atomic mass is 16.4. The van der Waals surface area contributed by atoms with E-state index in [2.05, 4.69) is 34.1 Å². The van der Waals surface area contributed by atoms with Crippen LogP contribution >= 0.6 is 0 Å². The summed E-state index contributed by atoms with van der Waals surface area (Å²) in [5, 5.41) is 11.8. The average molecular weight is 397 g/mol. The Bertz CT molecular complexity index is 1220. The fourth-order valence-electron chi connectivity index (χ4n) is 4.62. The molecule has 5 heteroatoms. The molecule has 4 aromatic rings. The molecular weight excluding hydrogens is 374 g/mol. The normalized spacial score (nSPS) is 18.5. The van der Waals surface area contributed by atoms with Crippen LogP contribution in [0.15, 0.2) is 73.1 Å².